The summed E-state index contributed by atoms with van der Waals surface area (Å²) in [6.07, 6.45) is 5.31. The summed E-state index contributed by atoms with van der Waals surface area (Å²) < 4.78 is 7.03. The molecule has 0 aliphatic heterocycles. The number of thiazole rings is 2. The van der Waals surface area contributed by atoms with Gasteiger partial charge in [-0.25, -0.2) is 14.8 Å². The second-order valence-corrected chi connectivity index (χ2v) is 9.18. The van der Waals surface area contributed by atoms with E-state index in [0.717, 1.165) is 47.9 Å². The number of benzene rings is 1. The Morgan fingerprint density at radius 3 is 2.79 bits per heavy atom. The van der Waals surface area contributed by atoms with Crippen LogP contribution in [0.2, 0.25) is 0 Å². The number of rotatable bonds is 6. The van der Waals surface area contributed by atoms with Gasteiger partial charge in [-0.3, -0.25) is 0 Å². The third-order valence-corrected chi connectivity index (χ3v) is 6.69. The maximum Gasteiger partial charge on any atom is 0.375 e. The van der Waals surface area contributed by atoms with Gasteiger partial charge in [0.1, 0.15) is 23.8 Å². The summed E-state index contributed by atoms with van der Waals surface area (Å²) in [6.45, 7) is 0. The fourth-order valence-electron chi connectivity index (χ4n) is 2.88. The molecule has 0 radical (unpaired) electrons. The number of fused-ring (bicyclic) bond motifs is 1. The highest BCUT2D eigenvalue weighted by molar-refractivity contribution is 7.97. The van der Waals surface area contributed by atoms with Gasteiger partial charge in [0.25, 0.3) is 0 Å². The van der Waals surface area contributed by atoms with Crippen LogP contribution in [-0.2, 0) is 13.8 Å². The molecule has 0 amide bonds. The average molecular weight is 435 g/mol. The van der Waals surface area contributed by atoms with Gasteiger partial charge in [-0.15, -0.1) is 22.7 Å². The topological polar surface area (TPSA) is 99.7 Å². The highest BCUT2D eigenvalue weighted by Crippen LogP contribution is 2.30. The fraction of sp³-hybridized carbons (Fsp3) is 0.333. The summed E-state index contributed by atoms with van der Waals surface area (Å²) in [7, 11) is 0. The Balaban J connectivity index is 1.47. The lowest BCUT2D eigenvalue weighted by atomic mass is 9.98. The first-order valence-electron chi connectivity index (χ1n) is 8.88. The molecule has 7 nitrogen and oxygen atoms in total. The zero-order chi connectivity index (χ0) is 19.3. The van der Waals surface area contributed by atoms with Crippen molar-refractivity contribution < 1.29 is 13.8 Å². The van der Waals surface area contributed by atoms with Crippen LogP contribution < -0.4 is 5.73 Å². The number of anilines is 1. The van der Waals surface area contributed by atoms with Crippen LogP contribution in [-0.4, -0.2) is 27.8 Å². The van der Waals surface area contributed by atoms with E-state index in [1.807, 2.05) is 24.3 Å². The highest BCUT2D eigenvalue weighted by atomic mass is 32.2. The van der Waals surface area contributed by atoms with Gasteiger partial charge in [-0.2, -0.15) is 0 Å². The van der Waals surface area contributed by atoms with Crippen LogP contribution in [0.1, 0.15) is 37.8 Å². The van der Waals surface area contributed by atoms with Crippen LogP contribution in [0.25, 0.3) is 10.2 Å². The van der Waals surface area contributed by atoms with E-state index in [9.17, 15) is 4.79 Å². The number of aromatic nitrogens is 2. The molecule has 2 heterocycles. The molecule has 1 aromatic carbocycles. The Kier molecular flexibility index (Phi) is 6.08. The lowest BCUT2D eigenvalue weighted by Gasteiger charge is -2.19. The number of hydrogen-bond acceptors (Lipinski definition) is 10. The Hall–Kier alpha value is -2.17. The van der Waals surface area contributed by atoms with Crippen LogP contribution in [0, 0.1) is 0 Å². The van der Waals surface area contributed by atoms with Gasteiger partial charge in [0.15, 0.2) is 9.47 Å². The quantitative estimate of drug-likeness (QED) is 0.343. The zero-order valence-corrected chi connectivity index (χ0v) is 17.3. The molecule has 10 heteroatoms. The van der Waals surface area contributed by atoms with E-state index < -0.39 is 5.97 Å². The number of oxime groups is 1. The van der Waals surface area contributed by atoms with Crippen molar-refractivity contribution in [1.82, 2.24) is 9.97 Å². The summed E-state index contributed by atoms with van der Waals surface area (Å²) in [5.41, 5.74) is 6.95. The van der Waals surface area contributed by atoms with Crippen LogP contribution in [0.3, 0.4) is 0 Å². The van der Waals surface area contributed by atoms with Crippen molar-refractivity contribution >= 4 is 61.7 Å². The van der Waals surface area contributed by atoms with E-state index in [2.05, 4.69) is 15.1 Å². The predicted molar refractivity (Wildman–Crippen MR) is 113 cm³/mol. The second kappa shape index (κ2) is 8.89. The Labute approximate surface area is 174 Å². The lowest BCUT2D eigenvalue weighted by molar-refractivity contribution is -0.126. The third-order valence-electron chi connectivity index (χ3n) is 4.27. The van der Waals surface area contributed by atoms with Crippen molar-refractivity contribution in [2.75, 3.05) is 5.73 Å². The van der Waals surface area contributed by atoms with Crippen LogP contribution >= 0.6 is 34.7 Å². The van der Waals surface area contributed by atoms with Gasteiger partial charge in [-0.1, -0.05) is 23.7 Å². The molecule has 4 rings (SSSR count). The molecule has 0 spiro atoms. The van der Waals surface area contributed by atoms with Gasteiger partial charge < -0.3 is 14.8 Å². The van der Waals surface area contributed by atoms with Gasteiger partial charge in [0.2, 0.25) is 5.71 Å². The molecular weight excluding hydrogens is 416 g/mol. The van der Waals surface area contributed by atoms with Gasteiger partial charge >= 0.3 is 5.97 Å². The second-order valence-electron chi connectivity index (χ2n) is 6.28. The van der Waals surface area contributed by atoms with Crippen molar-refractivity contribution in [2.45, 2.75) is 42.5 Å². The van der Waals surface area contributed by atoms with E-state index >= 15 is 0 Å². The SMILES string of the molecule is Nc1nc(C(=NOC2CCCCC2)C(=O)OSc2nc3ccccc3s2)cs1. The van der Waals surface area contributed by atoms with Crippen molar-refractivity contribution in [3.05, 3.63) is 35.3 Å². The number of nitrogens with zero attached hydrogens (tertiary/aromatic N) is 3. The molecule has 1 saturated carbocycles. The minimum Gasteiger partial charge on any atom is -0.392 e. The molecule has 146 valence electrons. The molecular formula is C18H18N4O3S3. The number of hydrogen-bond donors (Lipinski definition) is 1. The van der Waals surface area contributed by atoms with Crippen LogP contribution in [0.5, 0.6) is 0 Å². The molecule has 28 heavy (non-hydrogen) atoms. The first kappa shape index (κ1) is 19.2. The monoisotopic (exact) mass is 434 g/mol. The minimum absolute atomic E-state index is 0.0180. The molecule has 2 aromatic heterocycles. The number of carbonyl (C=O) groups is 1. The minimum atomic E-state index is -0.634. The van der Waals surface area contributed by atoms with E-state index in [1.54, 1.807) is 5.38 Å². The number of nitrogens with two attached hydrogens (primary N) is 1. The average Bonchev–Trinajstić information content (AvgIpc) is 3.33. The molecule has 0 bridgehead atoms. The summed E-state index contributed by atoms with van der Waals surface area (Å²) >= 11 is 3.60. The lowest BCUT2D eigenvalue weighted by Crippen LogP contribution is -2.20. The van der Waals surface area contributed by atoms with Crippen LogP contribution in [0.4, 0.5) is 5.13 Å². The smallest absolute Gasteiger partial charge is 0.375 e. The van der Waals surface area contributed by atoms with E-state index in [1.165, 1.54) is 29.1 Å². The van der Waals surface area contributed by atoms with E-state index in [-0.39, 0.29) is 11.8 Å². The number of para-hydroxylation sites is 1. The summed E-state index contributed by atoms with van der Waals surface area (Å²) in [5.74, 6) is -0.634. The molecule has 1 fully saturated rings. The van der Waals surface area contributed by atoms with E-state index in [0.29, 0.717) is 15.2 Å². The van der Waals surface area contributed by atoms with Crippen molar-refractivity contribution in [3.63, 3.8) is 0 Å². The number of nitrogen functional groups attached to an aromatic ring is 1. The maximum atomic E-state index is 12.7. The summed E-state index contributed by atoms with van der Waals surface area (Å²) in [5, 5.41) is 6.11. The Bertz CT molecular complexity index is 962. The van der Waals surface area contributed by atoms with E-state index in [4.69, 9.17) is 14.8 Å². The molecule has 3 aromatic rings. The molecule has 1 aliphatic rings. The largest absolute Gasteiger partial charge is 0.392 e. The van der Waals surface area contributed by atoms with Gasteiger partial charge in [-0.05, 0) is 37.8 Å². The third kappa shape index (κ3) is 4.62. The molecule has 0 unspecified atom stereocenters. The standard InChI is InChI=1S/C18H18N4O3S3/c19-17-20-13(10-26-17)15(22-24-11-6-2-1-3-7-11)16(23)25-28-18-21-12-8-4-5-9-14(12)27-18/h4-5,8-11H,1-3,6-7H2,(H2,19,20). The first-order chi connectivity index (χ1) is 13.7. The summed E-state index contributed by atoms with van der Waals surface area (Å²) in [6, 6.07) is 7.76. The van der Waals surface area contributed by atoms with Gasteiger partial charge in [0, 0.05) is 5.38 Å². The first-order valence-corrected chi connectivity index (χ1v) is 11.3. The molecule has 0 atom stereocenters. The fourth-order valence-corrected chi connectivity index (χ4v) is 5.00. The predicted octanol–water partition coefficient (Wildman–Crippen LogP) is 4.64. The Morgan fingerprint density at radius 2 is 2.04 bits per heavy atom. The van der Waals surface area contributed by atoms with Crippen LogP contribution in [0.15, 0.2) is 39.1 Å². The molecule has 0 saturated heterocycles. The van der Waals surface area contributed by atoms with Crippen molar-refractivity contribution in [2.24, 2.45) is 5.16 Å². The number of carbonyl (C=O) groups excluding carboxylic acids is 1. The Morgan fingerprint density at radius 1 is 1.21 bits per heavy atom. The normalized spacial score (nSPS) is 15.6. The van der Waals surface area contributed by atoms with Gasteiger partial charge in [0.05, 0.1) is 10.2 Å². The molecule has 1 aliphatic carbocycles. The molecule has 2 N–H and O–H groups in total. The maximum absolute atomic E-state index is 12.7. The summed E-state index contributed by atoms with van der Waals surface area (Å²) in [4.78, 5) is 26.9. The highest BCUT2D eigenvalue weighted by Gasteiger charge is 2.23. The zero-order valence-electron chi connectivity index (χ0n) is 14.9. The van der Waals surface area contributed by atoms with Crippen molar-refractivity contribution in [1.29, 1.82) is 0 Å². The van der Waals surface area contributed by atoms with Crippen molar-refractivity contribution in [3.8, 4) is 0 Å².